The Bertz CT molecular complexity index is 609. The van der Waals surface area contributed by atoms with Gasteiger partial charge >= 0.3 is 0 Å². The minimum absolute atomic E-state index is 0. The Balaban J connectivity index is 0.00000133. The van der Waals surface area contributed by atoms with Gasteiger partial charge in [0.25, 0.3) is 0 Å². The predicted molar refractivity (Wildman–Crippen MR) is 78.8 cm³/mol. The topological polar surface area (TPSA) is 43.1 Å². The van der Waals surface area contributed by atoms with E-state index in [1.165, 1.54) is 12.1 Å². The molecule has 0 fully saturated rings. The summed E-state index contributed by atoms with van der Waals surface area (Å²) in [7, 11) is 0. The molecule has 3 rings (SSSR count). The van der Waals surface area contributed by atoms with Crippen molar-refractivity contribution in [3.63, 3.8) is 0 Å². The molecule has 4 nitrogen and oxygen atoms in total. The maximum absolute atomic E-state index is 12.9. The van der Waals surface area contributed by atoms with E-state index in [1.807, 2.05) is 6.92 Å². The van der Waals surface area contributed by atoms with Crippen LogP contribution >= 0.6 is 28.7 Å². The molecule has 100 valence electrons. The van der Waals surface area contributed by atoms with Crippen LogP contribution in [0.4, 0.5) is 4.39 Å². The molecule has 7 heteroatoms. The van der Waals surface area contributed by atoms with Gasteiger partial charge in [0, 0.05) is 12.2 Å². The molecule has 0 radical (unpaired) electrons. The Morgan fingerprint density at radius 2 is 2.00 bits per heavy atom. The van der Waals surface area contributed by atoms with Gasteiger partial charge in [0.15, 0.2) is 5.82 Å². The summed E-state index contributed by atoms with van der Waals surface area (Å²) >= 11 is 1.60. The highest BCUT2D eigenvalue weighted by atomic mass is 79.9. The van der Waals surface area contributed by atoms with Crippen molar-refractivity contribution in [1.29, 1.82) is 0 Å². The lowest BCUT2D eigenvalue weighted by Crippen LogP contribution is -2.14. The molecule has 0 bridgehead atoms. The first-order valence-electron chi connectivity index (χ1n) is 5.69. The van der Waals surface area contributed by atoms with Crippen LogP contribution in [0.3, 0.4) is 0 Å². The van der Waals surface area contributed by atoms with Crippen LogP contribution in [-0.4, -0.2) is 26.3 Å². The van der Waals surface area contributed by atoms with Crippen LogP contribution in [0.5, 0.6) is 0 Å². The Morgan fingerprint density at radius 3 is 2.68 bits per heavy atom. The quantitative estimate of drug-likeness (QED) is 0.842. The summed E-state index contributed by atoms with van der Waals surface area (Å²) in [5.41, 5.74) is 1.85. The van der Waals surface area contributed by atoms with Crippen LogP contribution in [-0.2, 0) is 6.42 Å². The average Bonchev–Trinajstić information content (AvgIpc) is 2.81. The standard InChI is InChI=1S/C12H11FN4S.BrH/c1-2-11-14-15-12-17(11)16-10(7-18-12)8-3-5-9(13)6-4-8;/h3-6H,2,7H2,1H3;1H. The highest BCUT2D eigenvalue weighted by molar-refractivity contribution is 8.93. The van der Waals surface area contributed by atoms with Crippen molar-refractivity contribution in [2.24, 2.45) is 5.10 Å². The predicted octanol–water partition coefficient (Wildman–Crippen LogP) is 2.92. The highest BCUT2D eigenvalue weighted by Gasteiger charge is 2.18. The molecule has 2 heterocycles. The molecular formula is C12H12BrFN4S. The van der Waals surface area contributed by atoms with Crippen molar-refractivity contribution in [2.45, 2.75) is 18.5 Å². The fourth-order valence-electron chi connectivity index (χ4n) is 1.77. The maximum atomic E-state index is 12.9. The Morgan fingerprint density at radius 1 is 1.26 bits per heavy atom. The second-order valence-corrected chi connectivity index (χ2v) is 4.85. The van der Waals surface area contributed by atoms with E-state index in [0.29, 0.717) is 0 Å². The number of nitrogens with zero attached hydrogens (tertiary/aromatic N) is 4. The number of halogens is 2. The van der Waals surface area contributed by atoms with Crippen molar-refractivity contribution in [3.05, 3.63) is 41.5 Å². The molecule has 0 amide bonds. The summed E-state index contributed by atoms with van der Waals surface area (Å²) in [6.45, 7) is 2.02. The van der Waals surface area contributed by atoms with Gasteiger partial charge < -0.3 is 0 Å². The number of rotatable bonds is 2. The molecule has 0 aliphatic carbocycles. The summed E-state index contributed by atoms with van der Waals surface area (Å²) in [4.78, 5) is 0. The molecule has 1 aromatic carbocycles. The van der Waals surface area contributed by atoms with Crippen LogP contribution in [0, 0.1) is 5.82 Å². The largest absolute Gasteiger partial charge is 0.212 e. The third-order valence-electron chi connectivity index (χ3n) is 2.73. The van der Waals surface area contributed by atoms with Crippen LogP contribution < -0.4 is 0 Å². The fourth-order valence-corrected chi connectivity index (χ4v) is 2.63. The SMILES string of the molecule is Br.CCc1nnc2n1N=C(c1ccc(F)cc1)CS2. The third-order valence-corrected chi connectivity index (χ3v) is 3.66. The minimum Gasteiger partial charge on any atom is -0.207 e. The molecule has 1 aromatic heterocycles. The second kappa shape index (κ2) is 5.83. The summed E-state index contributed by atoms with van der Waals surface area (Å²) < 4.78 is 14.7. The van der Waals surface area contributed by atoms with Gasteiger partial charge in [0.2, 0.25) is 5.16 Å². The number of aromatic nitrogens is 3. The molecule has 0 unspecified atom stereocenters. The lowest BCUT2D eigenvalue weighted by molar-refractivity contribution is 0.627. The number of hydrogen-bond acceptors (Lipinski definition) is 4. The molecule has 0 N–H and O–H groups in total. The summed E-state index contributed by atoms with van der Waals surface area (Å²) in [5, 5.41) is 13.5. The molecule has 19 heavy (non-hydrogen) atoms. The van der Waals surface area contributed by atoms with E-state index in [0.717, 1.165) is 34.4 Å². The van der Waals surface area contributed by atoms with Crippen LogP contribution in [0.1, 0.15) is 18.3 Å². The number of benzene rings is 1. The van der Waals surface area contributed by atoms with E-state index in [2.05, 4.69) is 15.3 Å². The van der Waals surface area contributed by atoms with E-state index in [-0.39, 0.29) is 22.8 Å². The lowest BCUT2D eigenvalue weighted by atomic mass is 10.1. The Hall–Kier alpha value is -1.21. The third kappa shape index (κ3) is 2.71. The van der Waals surface area contributed by atoms with Crippen molar-refractivity contribution in [3.8, 4) is 0 Å². The van der Waals surface area contributed by atoms with Gasteiger partial charge in [-0.2, -0.15) is 9.78 Å². The minimum atomic E-state index is -0.234. The molecule has 2 aromatic rings. The van der Waals surface area contributed by atoms with Gasteiger partial charge in [-0.1, -0.05) is 30.8 Å². The smallest absolute Gasteiger partial charge is 0.207 e. The van der Waals surface area contributed by atoms with E-state index in [9.17, 15) is 4.39 Å². The van der Waals surface area contributed by atoms with Crippen molar-refractivity contribution < 1.29 is 4.39 Å². The van der Waals surface area contributed by atoms with Crippen molar-refractivity contribution >= 4 is 34.5 Å². The number of fused-ring (bicyclic) bond motifs is 1. The van der Waals surface area contributed by atoms with Gasteiger partial charge in [-0.25, -0.2) is 4.39 Å². The van der Waals surface area contributed by atoms with E-state index >= 15 is 0 Å². The maximum Gasteiger partial charge on any atom is 0.212 e. The zero-order valence-corrected chi connectivity index (χ0v) is 12.7. The Labute approximate surface area is 124 Å². The van der Waals surface area contributed by atoms with Gasteiger partial charge in [-0.05, 0) is 17.7 Å². The first kappa shape index (κ1) is 14.2. The first-order valence-corrected chi connectivity index (χ1v) is 6.67. The van der Waals surface area contributed by atoms with Crippen LogP contribution in [0.15, 0.2) is 34.5 Å². The Kier molecular flexibility index (Phi) is 4.36. The van der Waals surface area contributed by atoms with Crippen molar-refractivity contribution in [2.75, 3.05) is 5.75 Å². The number of thioether (sulfide) groups is 1. The first-order chi connectivity index (χ1) is 8.78. The summed E-state index contributed by atoms with van der Waals surface area (Å²) in [6.07, 6.45) is 0.785. The van der Waals surface area contributed by atoms with E-state index in [1.54, 1.807) is 28.6 Å². The second-order valence-electron chi connectivity index (χ2n) is 3.91. The van der Waals surface area contributed by atoms with Crippen LogP contribution in [0.25, 0.3) is 0 Å². The number of hydrogen-bond donors (Lipinski definition) is 0. The lowest BCUT2D eigenvalue weighted by Gasteiger charge is -2.13. The monoisotopic (exact) mass is 342 g/mol. The molecule has 0 atom stereocenters. The molecular weight excluding hydrogens is 331 g/mol. The summed E-state index contributed by atoms with van der Waals surface area (Å²) in [6, 6.07) is 6.39. The highest BCUT2D eigenvalue weighted by Crippen LogP contribution is 2.24. The van der Waals surface area contributed by atoms with Crippen LogP contribution in [0.2, 0.25) is 0 Å². The molecule has 1 aliphatic rings. The van der Waals surface area contributed by atoms with Gasteiger partial charge in [0.05, 0.1) is 5.71 Å². The molecule has 1 aliphatic heterocycles. The zero-order valence-electron chi connectivity index (χ0n) is 10.2. The zero-order chi connectivity index (χ0) is 12.5. The molecule has 0 saturated carbocycles. The van der Waals surface area contributed by atoms with Crippen molar-refractivity contribution in [1.82, 2.24) is 14.9 Å². The molecule has 0 saturated heterocycles. The summed E-state index contributed by atoms with van der Waals surface area (Å²) in [5.74, 6) is 1.34. The van der Waals surface area contributed by atoms with Gasteiger partial charge in [-0.3, -0.25) is 0 Å². The van der Waals surface area contributed by atoms with E-state index < -0.39 is 0 Å². The average molecular weight is 343 g/mol. The normalized spacial score (nSPS) is 13.5. The van der Waals surface area contributed by atoms with Gasteiger partial charge in [0.1, 0.15) is 5.82 Å². The fraction of sp³-hybridized carbons (Fsp3) is 0.250. The number of aryl methyl sites for hydroxylation is 1. The van der Waals surface area contributed by atoms with Gasteiger partial charge in [-0.15, -0.1) is 27.2 Å². The molecule has 0 spiro atoms. The van der Waals surface area contributed by atoms with E-state index in [4.69, 9.17) is 0 Å².